The van der Waals surface area contributed by atoms with Crippen LogP contribution in [0.1, 0.15) is 38.7 Å². The molecule has 1 aliphatic carbocycles. The van der Waals surface area contributed by atoms with Crippen molar-refractivity contribution < 1.29 is 4.79 Å². The second-order valence-corrected chi connectivity index (χ2v) is 7.29. The summed E-state index contributed by atoms with van der Waals surface area (Å²) in [4.78, 5) is 17.7. The van der Waals surface area contributed by atoms with Crippen LogP contribution < -0.4 is 0 Å². The Hall–Kier alpha value is -1.35. The van der Waals surface area contributed by atoms with Crippen molar-refractivity contribution in [1.82, 2.24) is 9.80 Å². The molecule has 1 amide bonds. The summed E-state index contributed by atoms with van der Waals surface area (Å²) in [6.45, 7) is 9.49. The minimum absolute atomic E-state index is 0.221. The first-order chi connectivity index (χ1) is 10.6. The molecule has 1 aliphatic heterocycles. The minimum atomic E-state index is -0.221. The van der Waals surface area contributed by atoms with E-state index >= 15 is 0 Å². The molecule has 3 nitrogen and oxygen atoms in total. The van der Waals surface area contributed by atoms with Gasteiger partial charge in [-0.2, -0.15) is 0 Å². The third kappa shape index (κ3) is 2.91. The van der Waals surface area contributed by atoms with Gasteiger partial charge in [0, 0.05) is 32.7 Å². The molecule has 1 aromatic rings. The number of hydrogen-bond donors (Lipinski definition) is 0. The molecule has 1 saturated carbocycles. The zero-order valence-corrected chi connectivity index (χ0v) is 13.9. The number of hydrogen-bond acceptors (Lipinski definition) is 2. The monoisotopic (exact) mass is 300 g/mol. The van der Waals surface area contributed by atoms with E-state index in [-0.39, 0.29) is 5.41 Å². The minimum Gasteiger partial charge on any atom is -0.339 e. The highest BCUT2D eigenvalue weighted by Gasteiger charge is 2.47. The van der Waals surface area contributed by atoms with Gasteiger partial charge in [-0.1, -0.05) is 50.6 Å². The highest BCUT2D eigenvalue weighted by molar-refractivity contribution is 5.89. The lowest BCUT2D eigenvalue weighted by Gasteiger charge is -2.46. The normalized spacial score (nSPS) is 21.7. The Morgan fingerprint density at radius 2 is 1.73 bits per heavy atom. The molecule has 0 spiro atoms. The summed E-state index contributed by atoms with van der Waals surface area (Å²) in [5.41, 5.74) is 0.998. The van der Waals surface area contributed by atoms with Crippen LogP contribution in [0.3, 0.4) is 0 Å². The third-order valence-corrected chi connectivity index (χ3v) is 5.23. The average molecular weight is 300 g/mol. The Kier molecular flexibility index (Phi) is 4.53. The van der Waals surface area contributed by atoms with Crippen LogP contribution in [0.15, 0.2) is 30.3 Å². The van der Waals surface area contributed by atoms with E-state index < -0.39 is 0 Å². The molecular weight excluding hydrogens is 272 g/mol. The number of carbonyl (C=O) groups is 1. The molecule has 2 aliphatic rings. The van der Waals surface area contributed by atoms with Gasteiger partial charge in [-0.3, -0.25) is 9.69 Å². The largest absolute Gasteiger partial charge is 0.339 e. The van der Waals surface area contributed by atoms with Gasteiger partial charge >= 0.3 is 0 Å². The summed E-state index contributed by atoms with van der Waals surface area (Å²) in [5.74, 6) is 1.07. The standard InChI is InChI=1S/C19H28N2O/c1-16(2)15-20-11-13-21(14-12-20)18(22)19(9-6-10-19)17-7-4-3-5-8-17/h3-5,7-8,16H,6,9-15H2,1-2H3. The maximum atomic E-state index is 13.1. The predicted molar refractivity (Wildman–Crippen MR) is 89.8 cm³/mol. The Labute approximate surface area is 134 Å². The van der Waals surface area contributed by atoms with Crippen LogP contribution in [0.4, 0.5) is 0 Å². The summed E-state index contributed by atoms with van der Waals surface area (Å²) < 4.78 is 0. The van der Waals surface area contributed by atoms with Gasteiger partial charge in [0.15, 0.2) is 0 Å². The molecule has 1 heterocycles. The van der Waals surface area contributed by atoms with E-state index in [1.54, 1.807) is 0 Å². The second kappa shape index (κ2) is 6.41. The molecule has 0 unspecified atom stereocenters. The lowest BCUT2D eigenvalue weighted by molar-refractivity contribution is -0.142. The molecule has 22 heavy (non-hydrogen) atoms. The molecule has 0 aromatic heterocycles. The van der Waals surface area contributed by atoms with E-state index in [0.717, 1.165) is 45.6 Å². The van der Waals surface area contributed by atoms with E-state index in [1.807, 2.05) is 6.07 Å². The summed E-state index contributed by atoms with van der Waals surface area (Å²) in [7, 11) is 0. The highest BCUT2D eigenvalue weighted by Crippen LogP contribution is 2.45. The summed E-state index contributed by atoms with van der Waals surface area (Å²) in [6.07, 6.45) is 3.21. The second-order valence-electron chi connectivity index (χ2n) is 7.29. The van der Waals surface area contributed by atoms with E-state index in [4.69, 9.17) is 0 Å². The van der Waals surface area contributed by atoms with Gasteiger partial charge < -0.3 is 4.90 Å². The smallest absolute Gasteiger partial charge is 0.233 e. The number of benzene rings is 1. The van der Waals surface area contributed by atoms with Crippen molar-refractivity contribution in [3.8, 4) is 0 Å². The van der Waals surface area contributed by atoms with Crippen LogP contribution in [-0.4, -0.2) is 48.4 Å². The number of rotatable bonds is 4. The van der Waals surface area contributed by atoms with E-state index in [2.05, 4.69) is 47.9 Å². The number of amides is 1. The van der Waals surface area contributed by atoms with Crippen molar-refractivity contribution >= 4 is 5.91 Å². The fraction of sp³-hybridized carbons (Fsp3) is 0.632. The fourth-order valence-electron chi connectivity index (χ4n) is 3.87. The Morgan fingerprint density at radius 1 is 1.09 bits per heavy atom. The van der Waals surface area contributed by atoms with Gasteiger partial charge in [0.25, 0.3) is 0 Å². The lowest BCUT2D eigenvalue weighted by atomic mass is 9.63. The zero-order valence-electron chi connectivity index (χ0n) is 13.9. The quantitative estimate of drug-likeness (QED) is 0.853. The van der Waals surface area contributed by atoms with Crippen LogP contribution >= 0.6 is 0 Å². The Morgan fingerprint density at radius 3 is 2.23 bits per heavy atom. The summed E-state index contributed by atoms with van der Waals surface area (Å²) in [6, 6.07) is 10.4. The lowest BCUT2D eigenvalue weighted by Crippen LogP contribution is -2.57. The molecule has 120 valence electrons. The SMILES string of the molecule is CC(C)CN1CCN(C(=O)C2(c3ccccc3)CCC2)CC1. The van der Waals surface area contributed by atoms with Gasteiger partial charge in [-0.05, 0) is 24.3 Å². The topological polar surface area (TPSA) is 23.6 Å². The maximum absolute atomic E-state index is 13.1. The van der Waals surface area contributed by atoms with Crippen LogP contribution in [0.25, 0.3) is 0 Å². The first-order valence-electron chi connectivity index (χ1n) is 8.69. The van der Waals surface area contributed by atoms with Crippen molar-refractivity contribution in [2.75, 3.05) is 32.7 Å². The van der Waals surface area contributed by atoms with Gasteiger partial charge in [-0.25, -0.2) is 0 Å². The molecule has 1 saturated heterocycles. The van der Waals surface area contributed by atoms with Gasteiger partial charge in [-0.15, -0.1) is 0 Å². The van der Waals surface area contributed by atoms with Crippen molar-refractivity contribution in [2.24, 2.45) is 5.92 Å². The highest BCUT2D eigenvalue weighted by atomic mass is 16.2. The van der Waals surface area contributed by atoms with Crippen LogP contribution in [0, 0.1) is 5.92 Å². The third-order valence-electron chi connectivity index (χ3n) is 5.23. The molecule has 3 heteroatoms. The van der Waals surface area contributed by atoms with Gasteiger partial charge in [0.2, 0.25) is 5.91 Å². The number of nitrogens with zero attached hydrogens (tertiary/aromatic N) is 2. The molecule has 0 radical (unpaired) electrons. The molecular formula is C19H28N2O. The van der Waals surface area contributed by atoms with E-state index in [9.17, 15) is 4.79 Å². The molecule has 0 atom stereocenters. The van der Waals surface area contributed by atoms with Gasteiger partial charge in [0.05, 0.1) is 5.41 Å². The Balaban J connectivity index is 1.67. The number of carbonyl (C=O) groups excluding carboxylic acids is 1. The molecule has 0 N–H and O–H groups in total. The predicted octanol–water partition coefficient (Wildman–Crippen LogP) is 2.91. The molecule has 0 bridgehead atoms. The van der Waals surface area contributed by atoms with E-state index in [1.165, 1.54) is 12.0 Å². The molecule has 2 fully saturated rings. The number of piperazine rings is 1. The fourth-order valence-corrected chi connectivity index (χ4v) is 3.87. The first kappa shape index (κ1) is 15.5. The average Bonchev–Trinajstić information content (AvgIpc) is 2.47. The van der Waals surface area contributed by atoms with Crippen molar-refractivity contribution in [3.05, 3.63) is 35.9 Å². The Bertz CT molecular complexity index is 499. The molecule has 1 aromatic carbocycles. The first-order valence-corrected chi connectivity index (χ1v) is 8.69. The van der Waals surface area contributed by atoms with Crippen LogP contribution in [0.5, 0.6) is 0 Å². The van der Waals surface area contributed by atoms with E-state index in [0.29, 0.717) is 11.8 Å². The van der Waals surface area contributed by atoms with Crippen molar-refractivity contribution in [1.29, 1.82) is 0 Å². The van der Waals surface area contributed by atoms with Crippen molar-refractivity contribution in [2.45, 2.75) is 38.5 Å². The molecule has 3 rings (SSSR count). The summed E-state index contributed by atoms with van der Waals surface area (Å²) in [5, 5.41) is 0. The van der Waals surface area contributed by atoms with Gasteiger partial charge in [0.1, 0.15) is 0 Å². The zero-order chi connectivity index (χ0) is 15.6. The maximum Gasteiger partial charge on any atom is 0.233 e. The van der Waals surface area contributed by atoms with Crippen LogP contribution in [0.2, 0.25) is 0 Å². The van der Waals surface area contributed by atoms with Crippen molar-refractivity contribution in [3.63, 3.8) is 0 Å². The van der Waals surface area contributed by atoms with Crippen LogP contribution in [-0.2, 0) is 10.2 Å². The summed E-state index contributed by atoms with van der Waals surface area (Å²) >= 11 is 0.